The number of nitrogens with zero attached hydrogens (tertiary/aromatic N) is 3. The first-order valence-electron chi connectivity index (χ1n) is 12.1. The summed E-state index contributed by atoms with van der Waals surface area (Å²) in [5, 5.41) is 1.45. The Kier molecular flexibility index (Phi) is 5.90. The second kappa shape index (κ2) is 9.16. The number of aryl methyl sites for hydroxylation is 2. The van der Waals surface area contributed by atoms with Crippen LogP contribution in [0.3, 0.4) is 0 Å². The van der Waals surface area contributed by atoms with E-state index in [1.54, 1.807) is 44.7 Å². The number of fused-ring (bicyclic) bond motifs is 2. The quantitative estimate of drug-likeness (QED) is 0.309. The monoisotopic (exact) mass is 533 g/mol. The standard InChI is InChI=1S/C28H27N3O6S/c1-17-5-7-18(8-6-17)38(32,33)31-24(13-21-19(9-10-29-27(21)31)28-36-11-12-37-28)22-16-30(2)23-15-26(35-4)25(34-3)14-20(22)23/h5-10,13-16,28H,11-12H2,1-4H3. The number of benzene rings is 2. The van der Waals surface area contributed by atoms with Crippen molar-refractivity contribution >= 4 is 32.0 Å². The summed E-state index contributed by atoms with van der Waals surface area (Å²) in [6, 6.07) is 14.2. The van der Waals surface area contributed by atoms with Gasteiger partial charge in [-0.1, -0.05) is 17.7 Å². The van der Waals surface area contributed by atoms with Crippen molar-refractivity contribution in [2.75, 3.05) is 27.4 Å². The second-order valence-electron chi connectivity index (χ2n) is 9.20. The largest absolute Gasteiger partial charge is 0.493 e. The van der Waals surface area contributed by atoms with Gasteiger partial charge in [0.25, 0.3) is 10.0 Å². The Labute approximate surface area is 220 Å². The lowest BCUT2D eigenvalue weighted by Gasteiger charge is -2.13. The molecule has 1 aliphatic rings. The maximum Gasteiger partial charge on any atom is 0.269 e. The maximum absolute atomic E-state index is 14.2. The predicted molar refractivity (Wildman–Crippen MR) is 143 cm³/mol. The minimum atomic E-state index is -4.04. The highest BCUT2D eigenvalue weighted by atomic mass is 32.2. The molecule has 0 radical (unpaired) electrons. The van der Waals surface area contributed by atoms with E-state index in [1.807, 2.05) is 49.0 Å². The highest BCUT2D eigenvalue weighted by Crippen LogP contribution is 2.42. The van der Waals surface area contributed by atoms with Crippen LogP contribution >= 0.6 is 0 Å². The molecule has 0 unspecified atom stereocenters. The van der Waals surface area contributed by atoms with Gasteiger partial charge in [-0.15, -0.1) is 0 Å². The lowest BCUT2D eigenvalue weighted by molar-refractivity contribution is -0.0430. The second-order valence-corrected chi connectivity index (χ2v) is 11.0. The van der Waals surface area contributed by atoms with Crippen molar-refractivity contribution in [2.24, 2.45) is 7.05 Å². The summed E-state index contributed by atoms with van der Waals surface area (Å²) in [7, 11) is 1.02. The van der Waals surface area contributed by atoms with Gasteiger partial charge in [-0.3, -0.25) is 0 Å². The van der Waals surface area contributed by atoms with E-state index in [4.69, 9.17) is 18.9 Å². The van der Waals surface area contributed by atoms with Gasteiger partial charge in [0.2, 0.25) is 0 Å². The van der Waals surface area contributed by atoms with Crippen molar-refractivity contribution in [1.82, 2.24) is 13.5 Å². The number of rotatable bonds is 6. The topological polar surface area (TPSA) is 93.8 Å². The molecule has 0 N–H and O–H groups in total. The molecule has 196 valence electrons. The maximum atomic E-state index is 14.2. The van der Waals surface area contributed by atoms with E-state index in [1.165, 1.54) is 3.97 Å². The van der Waals surface area contributed by atoms with Crippen molar-refractivity contribution in [2.45, 2.75) is 18.1 Å². The van der Waals surface area contributed by atoms with Crippen LogP contribution in [0.2, 0.25) is 0 Å². The average Bonchev–Trinajstić information content (AvgIpc) is 3.65. The summed E-state index contributed by atoms with van der Waals surface area (Å²) >= 11 is 0. The smallest absolute Gasteiger partial charge is 0.269 e. The number of pyridine rings is 1. The van der Waals surface area contributed by atoms with Crippen LogP contribution in [0.15, 0.2) is 65.8 Å². The van der Waals surface area contributed by atoms with E-state index in [0.29, 0.717) is 47.0 Å². The molecular formula is C28H27N3O6S. The van der Waals surface area contributed by atoms with Gasteiger partial charge in [0.15, 0.2) is 23.4 Å². The molecule has 0 amide bonds. The SMILES string of the molecule is COc1cc2c(-c3cc4c(C5OCCO5)ccnc4n3S(=O)(=O)c3ccc(C)cc3)cn(C)c2cc1OC. The molecule has 5 aromatic rings. The fourth-order valence-electron chi connectivity index (χ4n) is 5.00. The van der Waals surface area contributed by atoms with Gasteiger partial charge in [0.05, 0.1) is 43.5 Å². The molecule has 4 heterocycles. The molecule has 2 aromatic carbocycles. The molecule has 0 spiro atoms. The molecule has 10 heteroatoms. The third-order valence-corrected chi connectivity index (χ3v) is 8.62. The van der Waals surface area contributed by atoms with Crippen molar-refractivity contribution in [3.05, 3.63) is 72.1 Å². The molecule has 1 saturated heterocycles. The van der Waals surface area contributed by atoms with Crippen LogP contribution in [0.5, 0.6) is 11.5 Å². The summed E-state index contributed by atoms with van der Waals surface area (Å²) < 4.78 is 54.3. The van der Waals surface area contributed by atoms with Crippen LogP contribution in [-0.4, -0.2) is 49.4 Å². The molecule has 0 saturated carbocycles. The highest BCUT2D eigenvalue weighted by Gasteiger charge is 2.30. The molecule has 3 aromatic heterocycles. The van der Waals surface area contributed by atoms with Gasteiger partial charge < -0.3 is 23.5 Å². The van der Waals surface area contributed by atoms with Gasteiger partial charge in [-0.25, -0.2) is 17.4 Å². The Hall–Kier alpha value is -3.86. The zero-order chi connectivity index (χ0) is 26.6. The number of hydrogen-bond acceptors (Lipinski definition) is 7. The van der Waals surface area contributed by atoms with Crippen LogP contribution < -0.4 is 9.47 Å². The zero-order valence-electron chi connectivity index (χ0n) is 21.5. The molecule has 0 atom stereocenters. The molecular weight excluding hydrogens is 506 g/mol. The Balaban J connectivity index is 1.69. The number of hydrogen-bond donors (Lipinski definition) is 0. The molecule has 0 aliphatic carbocycles. The van der Waals surface area contributed by atoms with Crippen molar-refractivity contribution < 1.29 is 27.4 Å². The fraction of sp³-hybridized carbons (Fsp3) is 0.250. The van der Waals surface area contributed by atoms with E-state index in [-0.39, 0.29) is 4.90 Å². The number of aromatic nitrogens is 3. The number of ether oxygens (including phenoxy) is 4. The van der Waals surface area contributed by atoms with Crippen LogP contribution in [-0.2, 0) is 26.5 Å². The predicted octanol–water partition coefficient (Wildman–Crippen LogP) is 4.80. The fourth-order valence-corrected chi connectivity index (χ4v) is 6.47. The lowest BCUT2D eigenvalue weighted by atomic mass is 10.1. The van der Waals surface area contributed by atoms with Crippen LogP contribution in [0.1, 0.15) is 17.4 Å². The van der Waals surface area contributed by atoms with E-state index in [2.05, 4.69) is 4.98 Å². The molecule has 1 fully saturated rings. The minimum absolute atomic E-state index is 0.168. The zero-order valence-corrected chi connectivity index (χ0v) is 22.3. The molecule has 38 heavy (non-hydrogen) atoms. The first-order valence-corrected chi connectivity index (χ1v) is 13.5. The lowest BCUT2D eigenvalue weighted by Crippen LogP contribution is -2.15. The van der Waals surface area contributed by atoms with Crippen molar-refractivity contribution in [3.63, 3.8) is 0 Å². The Morgan fingerprint density at radius 1 is 0.947 bits per heavy atom. The molecule has 0 bridgehead atoms. The van der Waals surface area contributed by atoms with Gasteiger partial charge in [-0.05, 0) is 37.3 Å². The summed E-state index contributed by atoms with van der Waals surface area (Å²) in [5.41, 5.74) is 4.03. The van der Waals surface area contributed by atoms with E-state index >= 15 is 0 Å². The van der Waals surface area contributed by atoms with E-state index < -0.39 is 16.3 Å². The first kappa shape index (κ1) is 24.5. The summed E-state index contributed by atoms with van der Waals surface area (Å²) in [6.45, 7) is 2.85. The van der Waals surface area contributed by atoms with E-state index in [0.717, 1.165) is 22.0 Å². The van der Waals surface area contributed by atoms with Gasteiger partial charge in [-0.2, -0.15) is 0 Å². The van der Waals surface area contributed by atoms with Crippen molar-refractivity contribution in [1.29, 1.82) is 0 Å². The first-order chi connectivity index (χ1) is 18.3. The van der Waals surface area contributed by atoms with Crippen LogP contribution in [0.4, 0.5) is 0 Å². The minimum Gasteiger partial charge on any atom is -0.493 e. The third-order valence-electron chi connectivity index (χ3n) is 6.90. The molecule has 9 nitrogen and oxygen atoms in total. The Morgan fingerprint density at radius 2 is 1.63 bits per heavy atom. The Morgan fingerprint density at radius 3 is 2.32 bits per heavy atom. The average molecular weight is 534 g/mol. The normalized spacial score (nSPS) is 14.5. The van der Waals surface area contributed by atoms with Gasteiger partial charge in [0, 0.05) is 47.4 Å². The molecule has 1 aliphatic heterocycles. The highest BCUT2D eigenvalue weighted by molar-refractivity contribution is 7.90. The summed E-state index contributed by atoms with van der Waals surface area (Å²) in [6.07, 6.45) is 2.90. The van der Waals surface area contributed by atoms with Gasteiger partial charge >= 0.3 is 0 Å². The molecule has 6 rings (SSSR count). The van der Waals surface area contributed by atoms with Gasteiger partial charge in [0.1, 0.15) is 0 Å². The number of methoxy groups -OCH3 is 2. The summed E-state index contributed by atoms with van der Waals surface area (Å²) in [4.78, 5) is 4.71. The van der Waals surface area contributed by atoms with Crippen LogP contribution in [0.25, 0.3) is 33.2 Å². The van der Waals surface area contributed by atoms with E-state index in [9.17, 15) is 8.42 Å². The van der Waals surface area contributed by atoms with Crippen molar-refractivity contribution in [3.8, 4) is 22.8 Å². The third kappa shape index (κ3) is 3.75. The van der Waals surface area contributed by atoms with Crippen LogP contribution in [0, 0.1) is 6.92 Å². The Bertz CT molecular complexity index is 1780. The summed E-state index contributed by atoms with van der Waals surface area (Å²) in [5.74, 6) is 1.13.